The molecule has 4 aromatic rings. The molecule has 4 rings (SSSR count). The number of rotatable bonds is 6. The molecule has 32 heavy (non-hydrogen) atoms. The summed E-state index contributed by atoms with van der Waals surface area (Å²) >= 11 is 3.33. The van der Waals surface area contributed by atoms with Crippen LogP contribution in [0.25, 0.3) is 28.6 Å². The minimum atomic E-state index is -1.45. The number of hydrogen-bond donors (Lipinski definition) is 3. The molecule has 0 saturated carbocycles. The predicted octanol–water partition coefficient (Wildman–Crippen LogP) is 4.90. The van der Waals surface area contributed by atoms with Crippen LogP contribution in [0.5, 0.6) is 0 Å². The first-order valence-corrected chi connectivity index (χ1v) is 10.5. The quantitative estimate of drug-likeness (QED) is 0.260. The molecule has 1 aromatic heterocycles. The van der Waals surface area contributed by atoms with Crippen molar-refractivity contribution in [1.29, 1.82) is 0 Å². The van der Waals surface area contributed by atoms with Gasteiger partial charge < -0.3 is 19.9 Å². The molecule has 0 radical (unpaired) electrons. The fourth-order valence-electron chi connectivity index (χ4n) is 3.11. The van der Waals surface area contributed by atoms with Gasteiger partial charge in [0, 0.05) is 33.8 Å². The van der Waals surface area contributed by atoms with Gasteiger partial charge in [-0.3, -0.25) is 4.79 Å². The Labute approximate surface area is 191 Å². The minimum absolute atomic E-state index is 0.0726. The Morgan fingerprint density at radius 2 is 1.91 bits per heavy atom. The molecule has 1 heterocycles. The van der Waals surface area contributed by atoms with Crippen molar-refractivity contribution in [2.45, 2.75) is 12.7 Å². The fourth-order valence-corrected chi connectivity index (χ4v) is 3.38. The van der Waals surface area contributed by atoms with Crippen LogP contribution in [-0.2, 0) is 11.2 Å². The fraction of sp³-hybridized carbons (Fsp3) is 0.0833. The summed E-state index contributed by atoms with van der Waals surface area (Å²) in [7, 11) is 0. The number of aliphatic hydroxyl groups is 2. The number of nitrogens with zero attached hydrogens (tertiary/aromatic N) is 1. The van der Waals surface area contributed by atoms with Crippen molar-refractivity contribution in [3.05, 3.63) is 88.2 Å². The molecule has 0 saturated heterocycles. The number of aromatic nitrogens is 1. The minimum Gasteiger partial charge on any atom is -0.436 e. The Morgan fingerprint density at radius 1 is 1.12 bits per heavy atom. The number of anilines is 1. The second-order valence-corrected chi connectivity index (χ2v) is 7.99. The van der Waals surface area contributed by atoms with Crippen molar-refractivity contribution in [2.24, 2.45) is 0 Å². The largest absolute Gasteiger partial charge is 0.436 e. The van der Waals surface area contributed by atoms with Crippen LogP contribution in [0.2, 0.25) is 0 Å². The van der Waals surface area contributed by atoms with Crippen LogP contribution < -0.4 is 5.32 Å². The summed E-state index contributed by atoms with van der Waals surface area (Å²) < 4.78 is 21.2. The van der Waals surface area contributed by atoms with Crippen molar-refractivity contribution in [3.8, 4) is 11.5 Å². The Balaban J connectivity index is 1.49. The molecule has 162 valence electrons. The van der Waals surface area contributed by atoms with E-state index < -0.39 is 12.1 Å². The standard InChI is InChI=1S/C24H18BrFN2O4/c25-17-5-7-18(8-6-17)27-22(29)10-4-15-2-3-16(13-19(15)26)24-28-20-11-14(12-23(30)31)1-9-21(20)32-24/h1-11,13,23,30-31H,12H2,(H,27,29)/b10-4+. The lowest BCUT2D eigenvalue weighted by molar-refractivity contribution is -0.111. The molecule has 8 heteroatoms. The number of nitrogens with one attached hydrogen (secondary N) is 1. The molecule has 0 aliphatic rings. The number of aliphatic hydroxyl groups excluding tert-OH is 1. The molecule has 1 amide bonds. The Morgan fingerprint density at radius 3 is 2.62 bits per heavy atom. The molecule has 0 aliphatic carbocycles. The maximum absolute atomic E-state index is 14.6. The van der Waals surface area contributed by atoms with E-state index in [1.165, 1.54) is 24.3 Å². The van der Waals surface area contributed by atoms with Crippen molar-refractivity contribution in [3.63, 3.8) is 0 Å². The Hall–Kier alpha value is -3.33. The van der Waals surface area contributed by atoms with Gasteiger partial charge >= 0.3 is 0 Å². The van der Waals surface area contributed by atoms with Crippen molar-refractivity contribution in [1.82, 2.24) is 4.98 Å². The molecule has 0 aliphatic heterocycles. The number of carbonyl (C=O) groups is 1. The van der Waals surface area contributed by atoms with E-state index in [2.05, 4.69) is 26.2 Å². The third-order valence-electron chi connectivity index (χ3n) is 4.64. The molecule has 3 aromatic carbocycles. The zero-order valence-electron chi connectivity index (χ0n) is 16.6. The number of carbonyl (C=O) groups excluding carboxylic acids is 1. The van der Waals surface area contributed by atoms with Gasteiger partial charge in [-0.05, 0) is 60.2 Å². The number of halogens is 2. The van der Waals surface area contributed by atoms with E-state index in [0.717, 1.165) is 4.47 Å². The number of oxazole rings is 1. The first kappa shape index (κ1) is 21.9. The maximum Gasteiger partial charge on any atom is 0.248 e. The van der Waals surface area contributed by atoms with Crippen LogP contribution in [0.1, 0.15) is 11.1 Å². The average Bonchev–Trinajstić information content (AvgIpc) is 3.17. The SMILES string of the molecule is O=C(/C=C/c1ccc(-c2nc3cc(CC(O)O)ccc3o2)cc1F)Nc1ccc(Br)cc1. The zero-order chi connectivity index (χ0) is 22.7. The normalized spacial score (nSPS) is 11.5. The number of benzene rings is 3. The molecule has 0 bridgehead atoms. The van der Waals surface area contributed by atoms with Gasteiger partial charge in [0.2, 0.25) is 11.8 Å². The summed E-state index contributed by atoms with van der Waals surface area (Å²) in [5.41, 5.74) is 3.05. The highest BCUT2D eigenvalue weighted by Gasteiger charge is 2.12. The molecule has 0 atom stereocenters. The van der Waals surface area contributed by atoms with Crippen LogP contribution >= 0.6 is 15.9 Å². The predicted molar refractivity (Wildman–Crippen MR) is 123 cm³/mol. The Bertz CT molecular complexity index is 1300. The van der Waals surface area contributed by atoms with Crippen LogP contribution in [-0.4, -0.2) is 27.4 Å². The highest BCUT2D eigenvalue weighted by Crippen LogP contribution is 2.27. The molecule has 0 spiro atoms. The molecule has 0 fully saturated rings. The summed E-state index contributed by atoms with van der Waals surface area (Å²) in [6, 6.07) is 16.7. The van der Waals surface area contributed by atoms with Gasteiger partial charge in [-0.1, -0.05) is 28.1 Å². The Kier molecular flexibility index (Phi) is 6.45. The molecular weight excluding hydrogens is 479 g/mol. The summed E-state index contributed by atoms with van der Waals surface area (Å²) in [6.07, 6.45) is 1.27. The van der Waals surface area contributed by atoms with E-state index in [9.17, 15) is 9.18 Å². The summed E-state index contributed by atoms with van der Waals surface area (Å²) in [6.45, 7) is 0. The van der Waals surface area contributed by atoms with Gasteiger partial charge in [0.1, 0.15) is 11.3 Å². The van der Waals surface area contributed by atoms with Crippen molar-refractivity contribution >= 4 is 44.7 Å². The first-order valence-electron chi connectivity index (χ1n) is 9.67. The maximum atomic E-state index is 14.6. The molecule has 6 nitrogen and oxygen atoms in total. The first-order chi connectivity index (χ1) is 15.4. The van der Waals surface area contributed by atoms with E-state index in [4.69, 9.17) is 14.6 Å². The zero-order valence-corrected chi connectivity index (χ0v) is 18.2. The van der Waals surface area contributed by atoms with Gasteiger partial charge in [-0.25, -0.2) is 9.37 Å². The van der Waals surface area contributed by atoms with Crippen molar-refractivity contribution < 1.29 is 23.8 Å². The second kappa shape index (κ2) is 9.44. The smallest absolute Gasteiger partial charge is 0.248 e. The van der Waals surface area contributed by atoms with Crippen molar-refractivity contribution in [2.75, 3.05) is 5.32 Å². The van der Waals surface area contributed by atoms with Gasteiger partial charge in [0.25, 0.3) is 0 Å². The third-order valence-corrected chi connectivity index (χ3v) is 5.17. The van der Waals surface area contributed by atoms with E-state index in [-0.39, 0.29) is 23.8 Å². The topological polar surface area (TPSA) is 95.6 Å². The van der Waals surface area contributed by atoms with E-state index >= 15 is 0 Å². The lowest BCUT2D eigenvalue weighted by atomic mass is 10.1. The molecule has 0 unspecified atom stereocenters. The van der Waals surface area contributed by atoms with Gasteiger partial charge in [0.15, 0.2) is 11.9 Å². The van der Waals surface area contributed by atoms with Gasteiger partial charge in [-0.2, -0.15) is 0 Å². The monoisotopic (exact) mass is 496 g/mol. The van der Waals surface area contributed by atoms with Gasteiger partial charge in [0.05, 0.1) is 0 Å². The second-order valence-electron chi connectivity index (χ2n) is 7.07. The molecule has 3 N–H and O–H groups in total. The summed E-state index contributed by atoms with van der Waals surface area (Å²) in [5.74, 6) is -0.663. The van der Waals surface area contributed by atoms with E-state index in [0.29, 0.717) is 27.9 Å². The van der Waals surface area contributed by atoms with Crippen LogP contribution in [0, 0.1) is 5.82 Å². The summed E-state index contributed by atoms with van der Waals surface area (Å²) in [5, 5.41) is 20.9. The highest BCUT2D eigenvalue weighted by molar-refractivity contribution is 9.10. The lowest BCUT2D eigenvalue weighted by Crippen LogP contribution is -2.07. The third kappa shape index (κ3) is 5.28. The van der Waals surface area contributed by atoms with E-state index in [1.54, 1.807) is 48.5 Å². The number of fused-ring (bicyclic) bond motifs is 1. The van der Waals surface area contributed by atoms with Crippen LogP contribution in [0.3, 0.4) is 0 Å². The lowest BCUT2D eigenvalue weighted by Gasteiger charge is -2.02. The number of amides is 1. The average molecular weight is 497 g/mol. The van der Waals surface area contributed by atoms with Gasteiger partial charge in [-0.15, -0.1) is 0 Å². The van der Waals surface area contributed by atoms with Crippen LogP contribution in [0.4, 0.5) is 10.1 Å². The van der Waals surface area contributed by atoms with E-state index in [1.807, 2.05) is 0 Å². The number of hydrogen-bond acceptors (Lipinski definition) is 5. The van der Waals surface area contributed by atoms with Crippen LogP contribution in [0.15, 0.2) is 75.6 Å². The summed E-state index contributed by atoms with van der Waals surface area (Å²) in [4.78, 5) is 16.4. The highest BCUT2D eigenvalue weighted by atomic mass is 79.9. The molecular formula is C24H18BrFN2O4.